The summed E-state index contributed by atoms with van der Waals surface area (Å²) in [5.41, 5.74) is 5.96. The highest BCUT2D eigenvalue weighted by Crippen LogP contribution is 2.22. The molecular weight excluding hydrogens is 259 g/mol. The first-order valence-corrected chi connectivity index (χ1v) is 6.04. The second-order valence-corrected chi connectivity index (χ2v) is 5.49. The van der Waals surface area contributed by atoms with Crippen molar-refractivity contribution < 1.29 is 4.79 Å². The van der Waals surface area contributed by atoms with Gasteiger partial charge in [0.1, 0.15) is 0 Å². The molecule has 0 fully saturated rings. The lowest BCUT2D eigenvalue weighted by Crippen LogP contribution is -2.38. The van der Waals surface area contributed by atoms with E-state index in [-0.39, 0.29) is 11.3 Å². The molecule has 94 valence electrons. The number of carbonyl (C=O) groups is 1. The Labute approximate surface area is 111 Å². The van der Waals surface area contributed by atoms with Gasteiger partial charge in [0.2, 0.25) is 0 Å². The molecule has 0 spiro atoms. The van der Waals surface area contributed by atoms with Crippen LogP contribution in [0.4, 0.5) is 0 Å². The van der Waals surface area contributed by atoms with Crippen LogP contribution in [0.15, 0.2) is 18.2 Å². The molecule has 17 heavy (non-hydrogen) atoms. The standard InChI is InChI=1S/C12H16Cl2N2O/c1-12(2,6-15)7-16-11(17)8-3-4-9(13)10(14)5-8/h3-5H,6-7,15H2,1-2H3,(H,16,17). The summed E-state index contributed by atoms with van der Waals surface area (Å²) in [5.74, 6) is -0.176. The smallest absolute Gasteiger partial charge is 0.251 e. The zero-order valence-electron chi connectivity index (χ0n) is 9.89. The van der Waals surface area contributed by atoms with Gasteiger partial charge in [0.05, 0.1) is 10.0 Å². The van der Waals surface area contributed by atoms with Crippen LogP contribution < -0.4 is 11.1 Å². The Kier molecular flexibility index (Phi) is 4.80. The molecule has 0 bridgehead atoms. The van der Waals surface area contributed by atoms with E-state index in [9.17, 15) is 4.79 Å². The highest BCUT2D eigenvalue weighted by atomic mass is 35.5. The molecule has 0 aliphatic rings. The van der Waals surface area contributed by atoms with Crippen molar-refractivity contribution in [3.05, 3.63) is 33.8 Å². The van der Waals surface area contributed by atoms with Crippen LogP contribution >= 0.6 is 23.2 Å². The largest absolute Gasteiger partial charge is 0.351 e. The molecule has 3 nitrogen and oxygen atoms in total. The number of halogens is 2. The Morgan fingerprint density at radius 2 is 2.00 bits per heavy atom. The van der Waals surface area contributed by atoms with E-state index >= 15 is 0 Å². The van der Waals surface area contributed by atoms with Gasteiger partial charge in [-0.15, -0.1) is 0 Å². The first-order valence-electron chi connectivity index (χ1n) is 5.29. The van der Waals surface area contributed by atoms with Crippen molar-refractivity contribution in [2.75, 3.05) is 13.1 Å². The van der Waals surface area contributed by atoms with Gasteiger partial charge >= 0.3 is 0 Å². The maximum atomic E-state index is 11.8. The quantitative estimate of drug-likeness (QED) is 0.887. The summed E-state index contributed by atoms with van der Waals surface area (Å²) >= 11 is 11.6. The number of hydrogen-bond donors (Lipinski definition) is 2. The highest BCUT2D eigenvalue weighted by Gasteiger charge is 2.17. The fourth-order valence-corrected chi connectivity index (χ4v) is 1.43. The molecule has 0 aromatic heterocycles. The minimum Gasteiger partial charge on any atom is -0.351 e. The van der Waals surface area contributed by atoms with Crippen LogP contribution in [0, 0.1) is 5.41 Å². The third kappa shape index (κ3) is 4.19. The third-order valence-corrected chi connectivity index (χ3v) is 3.20. The van der Waals surface area contributed by atoms with E-state index in [0.717, 1.165) is 0 Å². The fourth-order valence-electron chi connectivity index (χ4n) is 1.13. The average molecular weight is 275 g/mol. The van der Waals surface area contributed by atoms with Crippen molar-refractivity contribution in [3.8, 4) is 0 Å². The molecule has 5 heteroatoms. The summed E-state index contributed by atoms with van der Waals surface area (Å²) in [7, 11) is 0. The number of nitrogens with one attached hydrogen (secondary N) is 1. The van der Waals surface area contributed by atoms with E-state index in [4.69, 9.17) is 28.9 Å². The first-order chi connectivity index (χ1) is 7.85. The van der Waals surface area contributed by atoms with Crippen molar-refractivity contribution in [2.45, 2.75) is 13.8 Å². The number of nitrogens with two attached hydrogens (primary N) is 1. The van der Waals surface area contributed by atoms with E-state index in [1.165, 1.54) is 0 Å². The summed E-state index contributed by atoms with van der Waals surface area (Å²) in [6.45, 7) is 5.00. The van der Waals surface area contributed by atoms with Gasteiger partial charge in [-0.1, -0.05) is 37.0 Å². The molecule has 0 heterocycles. The van der Waals surface area contributed by atoms with Crippen LogP contribution in [0.2, 0.25) is 10.0 Å². The molecule has 0 aliphatic heterocycles. The molecule has 0 radical (unpaired) electrons. The second kappa shape index (κ2) is 5.71. The summed E-state index contributed by atoms with van der Waals surface area (Å²) in [6.07, 6.45) is 0. The minimum atomic E-state index is -0.176. The van der Waals surface area contributed by atoms with Crippen molar-refractivity contribution >= 4 is 29.1 Å². The Balaban J connectivity index is 2.68. The summed E-state index contributed by atoms with van der Waals surface area (Å²) in [4.78, 5) is 11.8. The number of rotatable bonds is 4. The van der Waals surface area contributed by atoms with Gasteiger partial charge in [0.25, 0.3) is 5.91 Å². The van der Waals surface area contributed by atoms with Gasteiger partial charge < -0.3 is 11.1 Å². The van der Waals surface area contributed by atoms with Crippen LogP contribution in [-0.2, 0) is 0 Å². The molecule has 1 amide bonds. The van der Waals surface area contributed by atoms with Crippen molar-refractivity contribution in [1.82, 2.24) is 5.32 Å². The maximum Gasteiger partial charge on any atom is 0.251 e. The molecule has 3 N–H and O–H groups in total. The summed E-state index contributed by atoms with van der Waals surface area (Å²) < 4.78 is 0. The SMILES string of the molecule is CC(C)(CN)CNC(=O)c1ccc(Cl)c(Cl)c1. The molecule has 0 atom stereocenters. The van der Waals surface area contributed by atoms with Gasteiger partial charge in [0, 0.05) is 12.1 Å². The Bertz CT molecular complexity index is 419. The molecule has 1 rings (SSSR count). The third-order valence-electron chi connectivity index (χ3n) is 2.46. The number of amides is 1. The molecule has 0 unspecified atom stereocenters. The highest BCUT2D eigenvalue weighted by molar-refractivity contribution is 6.42. The predicted octanol–water partition coefficient (Wildman–Crippen LogP) is 2.71. The number of carbonyl (C=O) groups excluding carboxylic acids is 1. The Morgan fingerprint density at radius 3 is 2.53 bits per heavy atom. The minimum absolute atomic E-state index is 0.119. The molecule has 0 saturated heterocycles. The van der Waals surface area contributed by atoms with E-state index in [2.05, 4.69) is 5.32 Å². The molecule has 1 aromatic rings. The predicted molar refractivity (Wildman–Crippen MR) is 71.6 cm³/mol. The lowest BCUT2D eigenvalue weighted by molar-refractivity contribution is 0.0938. The summed E-state index contributed by atoms with van der Waals surface area (Å²) in [5, 5.41) is 3.62. The zero-order valence-corrected chi connectivity index (χ0v) is 11.4. The van der Waals surface area contributed by atoms with Crippen LogP contribution in [0.1, 0.15) is 24.2 Å². The van der Waals surface area contributed by atoms with E-state index < -0.39 is 0 Å². The molecule has 0 saturated carbocycles. The first kappa shape index (κ1) is 14.3. The monoisotopic (exact) mass is 274 g/mol. The molecule has 0 aliphatic carbocycles. The number of benzene rings is 1. The van der Waals surface area contributed by atoms with Gasteiger partial charge in [-0.2, -0.15) is 0 Å². The maximum absolute atomic E-state index is 11.8. The molecule has 1 aromatic carbocycles. The Morgan fingerprint density at radius 1 is 1.35 bits per heavy atom. The lowest BCUT2D eigenvalue weighted by atomic mass is 9.94. The van der Waals surface area contributed by atoms with Gasteiger partial charge in [0.15, 0.2) is 0 Å². The topological polar surface area (TPSA) is 55.1 Å². The van der Waals surface area contributed by atoms with E-state index in [1.807, 2.05) is 13.8 Å². The van der Waals surface area contributed by atoms with Crippen LogP contribution in [0.3, 0.4) is 0 Å². The average Bonchev–Trinajstić information content (AvgIpc) is 2.30. The van der Waals surface area contributed by atoms with E-state index in [1.54, 1.807) is 18.2 Å². The zero-order chi connectivity index (χ0) is 13.1. The molecular formula is C12H16Cl2N2O. The summed E-state index contributed by atoms with van der Waals surface area (Å²) in [6, 6.07) is 4.79. The van der Waals surface area contributed by atoms with Crippen molar-refractivity contribution in [1.29, 1.82) is 0 Å². The van der Waals surface area contributed by atoms with E-state index in [0.29, 0.717) is 28.7 Å². The van der Waals surface area contributed by atoms with Crippen molar-refractivity contribution in [3.63, 3.8) is 0 Å². The normalized spacial score (nSPS) is 11.4. The fraction of sp³-hybridized carbons (Fsp3) is 0.417. The second-order valence-electron chi connectivity index (χ2n) is 4.68. The van der Waals surface area contributed by atoms with Crippen molar-refractivity contribution in [2.24, 2.45) is 11.1 Å². The van der Waals surface area contributed by atoms with Crippen LogP contribution in [0.5, 0.6) is 0 Å². The van der Waals surface area contributed by atoms with Gasteiger partial charge in [-0.3, -0.25) is 4.79 Å². The lowest BCUT2D eigenvalue weighted by Gasteiger charge is -2.22. The van der Waals surface area contributed by atoms with Crippen LogP contribution in [-0.4, -0.2) is 19.0 Å². The van der Waals surface area contributed by atoms with Gasteiger partial charge in [-0.05, 0) is 30.2 Å². The number of hydrogen-bond acceptors (Lipinski definition) is 2. The van der Waals surface area contributed by atoms with Gasteiger partial charge in [-0.25, -0.2) is 0 Å². The van der Waals surface area contributed by atoms with Crippen LogP contribution in [0.25, 0.3) is 0 Å². The Hall–Kier alpha value is -0.770.